The Morgan fingerprint density at radius 1 is 1.24 bits per heavy atom. The lowest BCUT2D eigenvalue weighted by molar-refractivity contribution is -0.130. The van der Waals surface area contributed by atoms with E-state index in [2.05, 4.69) is 6.07 Å². The fourth-order valence-corrected chi connectivity index (χ4v) is 4.86. The Morgan fingerprint density at radius 2 is 2.12 bits per heavy atom. The average molecular weight is 362 g/mol. The van der Waals surface area contributed by atoms with E-state index in [0.717, 1.165) is 31.9 Å². The van der Waals surface area contributed by atoms with E-state index < -0.39 is 11.6 Å². The zero-order valence-corrected chi connectivity index (χ0v) is 14.7. The minimum Gasteiger partial charge on any atom is -0.360 e. The molecule has 1 amide bonds. The molecule has 1 aromatic carbocycles. The molecule has 3 nitrogen and oxygen atoms in total. The van der Waals surface area contributed by atoms with Gasteiger partial charge in [-0.3, -0.25) is 4.79 Å². The van der Waals surface area contributed by atoms with Gasteiger partial charge in [-0.25, -0.2) is 8.78 Å². The molecule has 1 unspecified atom stereocenters. The summed E-state index contributed by atoms with van der Waals surface area (Å²) in [6.45, 7) is 1.52. The minimum atomic E-state index is -0.571. The molecule has 0 aliphatic carbocycles. The van der Waals surface area contributed by atoms with E-state index in [1.807, 2.05) is 16.3 Å². The molecule has 1 fully saturated rings. The molecule has 132 valence electrons. The van der Waals surface area contributed by atoms with E-state index in [1.54, 1.807) is 16.2 Å². The second-order valence-corrected chi connectivity index (χ2v) is 7.66. The van der Waals surface area contributed by atoms with Gasteiger partial charge in [0, 0.05) is 24.0 Å². The van der Waals surface area contributed by atoms with E-state index in [1.165, 1.54) is 10.9 Å². The highest BCUT2D eigenvalue weighted by molar-refractivity contribution is 7.10. The van der Waals surface area contributed by atoms with Gasteiger partial charge in [0.2, 0.25) is 5.91 Å². The molecule has 2 aromatic rings. The molecule has 0 spiro atoms. The fraction of sp³-hybridized carbons (Fsp3) is 0.421. The number of fused-ring (bicyclic) bond motifs is 1. The van der Waals surface area contributed by atoms with Crippen LogP contribution in [0, 0.1) is 11.6 Å². The maximum Gasteiger partial charge on any atom is 0.242 e. The van der Waals surface area contributed by atoms with Crippen molar-refractivity contribution in [3.8, 4) is 0 Å². The first-order chi connectivity index (χ1) is 12.1. The summed E-state index contributed by atoms with van der Waals surface area (Å²) in [6.07, 6.45) is 3.42. The van der Waals surface area contributed by atoms with Gasteiger partial charge in [0.15, 0.2) is 0 Å². The predicted octanol–water partition coefficient (Wildman–Crippen LogP) is 4.14. The molecule has 2 aliphatic heterocycles. The Bertz CT molecular complexity index is 778. The largest absolute Gasteiger partial charge is 0.360 e. The Labute approximate surface area is 149 Å². The van der Waals surface area contributed by atoms with E-state index in [4.69, 9.17) is 0 Å². The first-order valence-corrected chi connectivity index (χ1v) is 9.57. The molecule has 1 atom stereocenters. The number of hydrogen-bond donors (Lipinski definition) is 0. The van der Waals surface area contributed by atoms with Gasteiger partial charge in [0.05, 0.1) is 18.3 Å². The zero-order chi connectivity index (χ0) is 17.4. The number of anilines is 1. The highest BCUT2D eigenvalue weighted by atomic mass is 32.1. The summed E-state index contributed by atoms with van der Waals surface area (Å²) in [7, 11) is 0. The van der Waals surface area contributed by atoms with Crippen molar-refractivity contribution >= 4 is 22.9 Å². The van der Waals surface area contributed by atoms with Crippen LogP contribution in [-0.4, -0.2) is 30.4 Å². The van der Waals surface area contributed by atoms with Crippen molar-refractivity contribution < 1.29 is 13.6 Å². The number of nitrogens with zero attached hydrogens (tertiary/aromatic N) is 2. The summed E-state index contributed by atoms with van der Waals surface area (Å²) >= 11 is 1.67. The Balaban J connectivity index is 1.54. The number of halogens is 2. The second-order valence-electron chi connectivity index (χ2n) is 6.68. The Hall–Kier alpha value is -1.95. The maximum atomic E-state index is 14.3. The lowest BCUT2D eigenvalue weighted by atomic mass is 10.0. The van der Waals surface area contributed by atoms with Crippen LogP contribution in [-0.2, 0) is 11.2 Å². The van der Waals surface area contributed by atoms with Crippen LogP contribution in [0.4, 0.5) is 14.5 Å². The van der Waals surface area contributed by atoms with Crippen molar-refractivity contribution in [3.63, 3.8) is 0 Å². The van der Waals surface area contributed by atoms with Gasteiger partial charge < -0.3 is 9.80 Å². The molecule has 3 heterocycles. The number of rotatable bonds is 3. The van der Waals surface area contributed by atoms with Gasteiger partial charge in [-0.2, -0.15) is 0 Å². The second kappa shape index (κ2) is 6.75. The summed E-state index contributed by atoms with van der Waals surface area (Å²) in [5, 5.41) is 2.03. The summed E-state index contributed by atoms with van der Waals surface area (Å²) < 4.78 is 27.8. The smallest absolute Gasteiger partial charge is 0.242 e. The molecule has 1 aromatic heterocycles. The summed E-state index contributed by atoms with van der Waals surface area (Å²) in [4.78, 5) is 17.8. The van der Waals surface area contributed by atoms with Crippen LogP contribution in [0.5, 0.6) is 0 Å². The first kappa shape index (κ1) is 16.5. The van der Waals surface area contributed by atoms with Crippen LogP contribution in [0.25, 0.3) is 0 Å². The number of thiophene rings is 1. The fourth-order valence-electron chi connectivity index (χ4n) is 3.99. The zero-order valence-electron chi connectivity index (χ0n) is 13.9. The third kappa shape index (κ3) is 3.15. The molecular formula is C19H20F2N2OS. The van der Waals surface area contributed by atoms with E-state index >= 15 is 0 Å². The van der Waals surface area contributed by atoms with Gasteiger partial charge in [0.1, 0.15) is 11.6 Å². The highest BCUT2D eigenvalue weighted by Crippen LogP contribution is 2.36. The highest BCUT2D eigenvalue weighted by Gasteiger charge is 2.32. The monoisotopic (exact) mass is 362 g/mol. The van der Waals surface area contributed by atoms with Crippen LogP contribution in [0.1, 0.15) is 35.7 Å². The minimum absolute atomic E-state index is 0.0208. The standard InChI is InChI=1S/C19H20F2N2OS/c20-14-10-13-4-1-7-22(19(13)15(21)11-14)12-18(24)23-8-2-5-16(23)17-6-3-9-25-17/h3,6,9-11,16H,1-2,4-5,7-8,12H2. The SMILES string of the molecule is O=C(CN1CCCc2cc(F)cc(F)c21)N1CCCC1c1cccs1. The number of aryl methyl sites for hydroxylation is 1. The lowest BCUT2D eigenvalue weighted by Crippen LogP contribution is -2.42. The molecule has 4 rings (SSSR count). The van der Waals surface area contributed by atoms with Gasteiger partial charge in [-0.1, -0.05) is 6.07 Å². The quantitative estimate of drug-likeness (QED) is 0.819. The molecule has 0 bridgehead atoms. The molecule has 0 saturated carbocycles. The Morgan fingerprint density at radius 3 is 2.92 bits per heavy atom. The van der Waals surface area contributed by atoms with Crippen molar-refractivity contribution in [1.29, 1.82) is 0 Å². The van der Waals surface area contributed by atoms with Crippen molar-refractivity contribution in [1.82, 2.24) is 4.90 Å². The molecule has 1 saturated heterocycles. The third-order valence-electron chi connectivity index (χ3n) is 5.07. The molecule has 0 radical (unpaired) electrons. The van der Waals surface area contributed by atoms with E-state index in [0.29, 0.717) is 24.2 Å². The van der Waals surface area contributed by atoms with Gasteiger partial charge >= 0.3 is 0 Å². The third-order valence-corrected chi connectivity index (χ3v) is 6.04. The van der Waals surface area contributed by atoms with Crippen molar-refractivity contribution in [2.45, 2.75) is 31.7 Å². The van der Waals surface area contributed by atoms with Crippen LogP contribution >= 0.6 is 11.3 Å². The number of likely N-dealkylation sites (tertiary alicyclic amines) is 1. The predicted molar refractivity (Wildman–Crippen MR) is 94.9 cm³/mol. The summed E-state index contributed by atoms with van der Waals surface area (Å²) in [6, 6.07) is 6.51. The van der Waals surface area contributed by atoms with Crippen LogP contribution < -0.4 is 4.90 Å². The molecular weight excluding hydrogens is 342 g/mol. The molecule has 25 heavy (non-hydrogen) atoms. The summed E-state index contributed by atoms with van der Waals surface area (Å²) in [5.74, 6) is -1.10. The van der Waals surface area contributed by atoms with E-state index in [-0.39, 0.29) is 18.5 Å². The number of amides is 1. The van der Waals surface area contributed by atoms with Crippen molar-refractivity contribution in [2.75, 3.05) is 24.5 Å². The molecule has 2 aliphatic rings. The normalized spacial score (nSPS) is 20.0. The van der Waals surface area contributed by atoms with E-state index in [9.17, 15) is 13.6 Å². The topological polar surface area (TPSA) is 23.6 Å². The van der Waals surface area contributed by atoms with Crippen molar-refractivity contribution in [3.05, 3.63) is 51.7 Å². The Kier molecular flexibility index (Phi) is 4.46. The average Bonchev–Trinajstić information content (AvgIpc) is 3.25. The first-order valence-electron chi connectivity index (χ1n) is 8.69. The van der Waals surface area contributed by atoms with Gasteiger partial charge in [0.25, 0.3) is 0 Å². The van der Waals surface area contributed by atoms with Crippen molar-refractivity contribution in [2.24, 2.45) is 0 Å². The van der Waals surface area contributed by atoms with Gasteiger partial charge in [-0.05, 0) is 48.8 Å². The lowest BCUT2D eigenvalue weighted by Gasteiger charge is -2.33. The number of hydrogen-bond acceptors (Lipinski definition) is 3. The van der Waals surface area contributed by atoms with Crippen LogP contribution in [0.15, 0.2) is 29.6 Å². The number of carbonyl (C=O) groups excluding carboxylic acids is 1. The number of benzene rings is 1. The maximum absolute atomic E-state index is 14.3. The molecule has 0 N–H and O–H groups in total. The summed E-state index contributed by atoms with van der Waals surface area (Å²) in [5.41, 5.74) is 1.06. The van der Waals surface area contributed by atoms with Crippen LogP contribution in [0.3, 0.4) is 0 Å². The molecule has 6 heteroatoms. The van der Waals surface area contributed by atoms with Crippen LogP contribution in [0.2, 0.25) is 0 Å². The number of carbonyl (C=O) groups is 1. The van der Waals surface area contributed by atoms with Gasteiger partial charge in [-0.15, -0.1) is 11.3 Å².